The van der Waals surface area contributed by atoms with Gasteiger partial charge in [-0.2, -0.15) is 0 Å². The zero-order chi connectivity index (χ0) is 14.8. The van der Waals surface area contributed by atoms with Gasteiger partial charge in [-0.15, -0.1) is 0 Å². The number of nitrogens with zero attached hydrogens (tertiary/aromatic N) is 2. The highest BCUT2D eigenvalue weighted by Crippen LogP contribution is 2.30. The van der Waals surface area contributed by atoms with E-state index >= 15 is 0 Å². The fourth-order valence-corrected chi connectivity index (χ4v) is 3.60. The highest BCUT2D eigenvalue weighted by Gasteiger charge is 2.26. The van der Waals surface area contributed by atoms with E-state index in [9.17, 15) is 13.5 Å². The molecule has 1 aliphatic heterocycles. The predicted molar refractivity (Wildman–Crippen MR) is 79.3 cm³/mol. The van der Waals surface area contributed by atoms with E-state index in [1.54, 1.807) is 26.2 Å². The number of benzene rings is 1. The third-order valence-corrected chi connectivity index (χ3v) is 5.70. The van der Waals surface area contributed by atoms with Crippen molar-refractivity contribution >= 4 is 15.7 Å². The molecule has 0 radical (unpaired) electrons. The van der Waals surface area contributed by atoms with Crippen molar-refractivity contribution in [1.82, 2.24) is 4.31 Å². The molecule has 0 aromatic heterocycles. The summed E-state index contributed by atoms with van der Waals surface area (Å²) in [4.78, 5) is 2.45. The third-order valence-electron chi connectivity index (χ3n) is 3.84. The van der Waals surface area contributed by atoms with Crippen LogP contribution in [0.25, 0.3) is 0 Å². The Hall–Kier alpha value is -1.11. The number of hydrogen-bond donors (Lipinski definition) is 1. The van der Waals surface area contributed by atoms with Crippen molar-refractivity contribution in [3.8, 4) is 0 Å². The monoisotopic (exact) mass is 298 g/mol. The van der Waals surface area contributed by atoms with Gasteiger partial charge in [0.15, 0.2) is 0 Å². The summed E-state index contributed by atoms with van der Waals surface area (Å²) in [5.74, 6) is 0.337. The first-order valence-electron chi connectivity index (χ1n) is 6.84. The molecule has 0 aliphatic carbocycles. The minimum absolute atomic E-state index is 0.214. The Morgan fingerprint density at radius 3 is 2.40 bits per heavy atom. The van der Waals surface area contributed by atoms with Gasteiger partial charge >= 0.3 is 0 Å². The van der Waals surface area contributed by atoms with E-state index in [4.69, 9.17) is 0 Å². The van der Waals surface area contributed by atoms with Crippen LogP contribution in [0.1, 0.15) is 12.8 Å². The average molecular weight is 298 g/mol. The minimum atomic E-state index is -3.43. The molecule has 0 unspecified atom stereocenters. The summed E-state index contributed by atoms with van der Waals surface area (Å²) in [6, 6.07) is 7.13. The molecule has 0 saturated carbocycles. The predicted octanol–water partition coefficient (Wildman–Crippen LogP) is 1.15. The molecule has 1 N–H and O–H groups in total. The van der Waals surface area contributed by atoms with Crippen LogP contribution in [-0.2, 0) is 10.0 Å². The average Bonchev–Trinajstić information content (AvgIpc) is 2.47. The Labute approximate surface area is 120 Å². The largest absolute Gasteiger partial charge is 0.396 e. The summed E-state index contributed by atoms with van der Waals surface area (Å²) < 4.78 is 26.0. The van der Waals surface area contributed by atoms with Gasteiger partial charge in [-0.1, -0.05) is 12.1 Å². The molecule has 1 aromatic rings. The van der Waals surface area contributed by atoms with Crippen molar-refractivity contribution in [2.45, 2.75) is 17.7 Å². The first-order valence-corrected chi connectivity index (χ1v) is 8.28. The Morgan fingerprint density at radius 1 is 1.25 bits per heavy atom. The number of aliphatic hydroxyl groups is 1. The van der Waals surface area contributed by atoms with E-state index in [0.717, 1.165) is 31.6 Å². The van der Waals surface area contributed by atoms with Crippen molar-refractivity contribution in [3.05, 3.63) is 24.3 Å². The number of sulfonamides is 1. The number of anilines is 1. The van der Waals surface area contributed by atoms with E-state index in [1.165, 1.54) is 4.31 Å². The van der Waals surface area contributed by atoms with Crippen LogP contribution >= 0.6 is 0 Å². The molecule has 1 aliphatic rings. The number of hydrogen-bond acceptors (Lipinski definition) is 4. The van der Waals surface area contributed by atoms with Crippen molar-refractivity contribution in [3.63, 3.8) is 0 Å². The molecule has 1 saturated heterocycles. The van der Waals surface area contributed by atoms with Crippen molar-refractivity contribution < 1.29 is 13.5 Å². The van der Waals surface area contributed by atoms with E-state index < -0.39 is 10.0 Å². The molecule has 2 rings (SSSR count). The van der Waals surface area contributed by atoms with Crippen molar-refractivity contribution in [2.75, 3.05) is 38.7 Å². The summed E-state index contributed by atoms with van der Waals surface area (Å²) in [5.41, 5.74) is 0.762. The zero-order valence-electron chi connectivity index (χ0n) is 12.0. The molecule has 1 aromatic carbocycles. The highest BCUT2D eigenvalue weighted by atomic mass is 32.2. The topological polar surface area (TPSA) is 60.9 Å². The quantitative estimate of drug-likeness (QED) is 0.906. The summed E-state index contributed by atoms with van der Waals surface area (Å²) in [5, 5.41) is 9.18. The molecule has 0 amide bonds. The maximum Gasteiger partial charge on any atom is 0.244 e. The SMILES string of the molecule is CN(C)S(=O)(=O)c1ccccc1N1CCC(CO)CC1. The number of para-hydroxylation sites is 1. The number of rotatable bonds is 4. The molecule has 20 heavy (non-hydrogen) atoms. The summed E-state index contributed by atoms with van der Waals surface area (Å²) in [7, 11) is -0.342. The fraction of sp³-hybridized carbons (Fsp3) is 0.571. The maximum atomic E-state index is 12.4. The van der Waals surface area contributed by atoms with E-state index in [-0.39, 0.29) is 6.61 Å². The molecule has 112 valence electrons. The summed E-state index contributed by atoms with van der Waals surface area (Å²) in [6.07, 6.45) is 1.79. The molecule has 0 spiro atoms. The number of piperidine rings is 1. The second-order valence-corrected chi connectivity index (χ2v) is 7.49. The minimum Gasteiger partial charge on any atom is -0.396 e. The second-order valence-electron chi connectivity index (χ2n) is 5.37. The molecule has 0 bridgehead atoms. The normalized spacial score (nSPS) is 17.7. The van der Waals surface area contributed by atoms with Crippen LogP contribution in [0.4, 0.5) is 5.69 Å². The van der Waals surface area contributed by atoms with Crippen LogP contribution < -0.4 is 4.90 Å². The van der Waals surface area contributed by atoms with Crippen molar-refractivity contribution in [1.29, 1.82) is 0 Å². The van der Waals surface area contributed by atoms with Crippen LogP contribution in [0.5, 0.6) is 0 Å². The first-order chi connectivity index (χ1) is 9.46. The van der Waals surface area contributed by atoms with E-state index in [0.29, 0.717) is 10.8 Å². The Kier molecular flexibility index (Phi) is 4.67. The van der Waals surface area contributed by atoms with Gasteiger partial charge in [0.1, 0.15) is 4.90 Å². The smallest absolute Gasteiger partial charge is 0.244 e. The van der Waals surface area contributed by atoms with Gasteiger partial charge in [-0.05, 0) is 30.9 Å². The van der Waals surface area contributed by atoms with Gasteiger partial charge in [0.2, 0.25) is 10.0 Å². The lowest BCUT2D eigenvalue weighted by atomic mass is 9.97. The lowest BCUT2D eigenvalue weighted by Crippen LogP contribution is -2.36. The maximum absolute atomic E-state index is 12.4. The highest BCUT2D eigenvalue weighted by molar-refractivity contribution is 7.89. The molecule has 6 heteroatoms. The first kappa shape index (κ1) is 15.3. The van der Waals surface area contributed by atoms with Crippen LogP contribution in [-0.4, -0.2) is 51.6 Å². The molecular weight excluding hydrogens is 276 g/mol. The zero-order valence-corrected chi connectivity index (χ0v) is 12.8. The van der Waals surface area contributed by atoms with Gasteiger partial charge in [0.05, 0.1) is 5.69 Å². The molecule has 0 atom stereocenters. The lowest BCUT2D eigenvalue weighted by molar-refractivity contribution is 0.203. The van der Waals surface area contributed by atoms with Crippen LogP contribution in [0.2, 0.25) is 0 Å². The van der Waals surface area contributed by atoms with Gasteiger partial charge in [-0.25, -0.2) is 12.7 Å². The van der Waals surface area contributed by atoms with Gasteiger partial charge in [-0.3, -0.25) is 0 Å². The molecule has 5 nitrogen and oxygen atoms in total. The summed E-state index contributed by atoms with van der Waals surface area (Å²) >= 11 is 0. The lowest BCUT2D eigenvalue weighted by Gasteiger charge is -2.34. The van der Waals surface area contributed by atoms with Gasteiger partial charge in [0.25, 0.3) is 0 Å². The molecular formula is C14H22N2O3S. The van der Waals surface area contributed by atoms with Gasteiger partial charge < -0.3 is 10.0 Å². The van der Waals surface area contributed by atoms with Crippen LogP contribution in [0, 0.1) is 5.92 Å². The van der Waals surface area contributed by atoms with Crippen LogP contribution in [0.15, 0.2) is 29.2 Å². The second kappa shape index (κ2) is 6.11. The van der Waals surface area contributed by atoms with E-state index in [1.807, 2.05) is 12.1 Å². The molecule has 1 heterocycles. The Morgan fingerprint density at radius 2 is 1.85 bits per heavy atom. The Balaban J connectivity index is 2.30. The third kappa shape index (κ3) is 2.97. The molecule has 1 fully saturated rings. The van der Waals surface area contributed by atoms with Crippen LogP contribution in [0.3, 0.4) is 0 Å². The van der Waals surface area contributed by atoms with Crippen molar-refractivity contribution in [2.24, 2.45) is 5.92 Å². The Bertz CT molecular complexity index is 549. The van der Waals surface area contributed by atoms with E-state index in [2.05, 4.69) is 4.90 Å². The standard InChI is InChI=1S/C14H22N2O3S/c1-15(2)20(18,19)14-6-4-3-5-13(14)16-9-7-12(11-17)8-10-16/h3-6,12,17H,7-11H2,1-2H3. The number of aliphatic hydroxyl groups excluding tert-OH is 1. The van der Waals surface area contributed by atoms with Gasteiger partial charge in [0, 0.05) is 33.8 Å². The fourth-order valence-electron chi connectivity index (χ4n) is 2.49. The summed E-state index contributed by atoms with van der Waals surface area (Å²) in [6.45, 7) is 1.78.